The van der Waals surface area contributed by atoms with Crippen molar-refractivity contribution in [3.05, 3.63) is 21.1 Å². The molecule has 1 aromatic rings. The molecule has 1 aromatic carbocycles. The second-order valence-electron chi connectivity index (χ2n) is 3.57. The van der Waals surface area contributed by atoms with Crippen molar-refractivity contribution in [3.63, 3.8) is 0 Å². The fraction of sp³-hybridized carbons (Fsp3) is 0.400. The lowest BCUT2D eigenvalue weighted by Crippen LogP contribution is -2.23. The molecule has 0 spiro atoms. The predicted molar refractivity (Wildman–Crippen MR) is 73.0 cm³/mol. The smallest absolute Gasteiger partial charge is 0.121 e. The molecule has 6 heteroatoms. The summed E-state index contributed by atoms with van der Waals surface area (Å²) in [7, 11) is -0.374. The van der Waals surface area contributed by atoms with Crippen molar-refractivity contribution >= 4 is 47.3 Å². The van der Waals surface area contributed by atoms with Gasteiger partial charge in [-0.05, 0) is 50.4 Å². The zero-order valence-corrected chi connectivity index (χ0v) is 12.7. The van der Waals surface area contributed by atoms with E-state index in [1.807, 2.05) is 12.1 Å². The van der Waals surface area contributed by atoms with Gasteiger partial charge in [-0.3, -0.25) is 0 Å². The molecular formula is C10H11Br2NO2S. The van der Waals surface area contributed by atoms with Gasteiger partial charge in [-0.2, -0.15) is 4.36 Å². The van der Waals surface area contributed by atoms with E-state index in [4.69, 9.17) is 4.74 Å². The minimum Gasteiger partial charge on any atom is -0.497 e. The summed E-state index contributed by atoms with van der Waals surface area (Å²) in [5.74, 6) is 2.15. The zero-order valence-electron chi connectivity index (χ0n) is 8.70. The number of benzene rings is 1. The predicted octanol–water partition coefficient (Wildman–Crippen LogP) is 3.72. The molecule has 0 saturated carbocycles. The molecule has 0 unspecified atom stereocenters. The first kappa shape index (κ1) is 12.4. The van der Waals surface area contributed by atoms with Crippen LogP contribution in [0.3, 0.4) is 0 Å². The van der Waals surface area contributed by atoms with Crippen LogP contribution in [-0.4, -0.2) is 22.8 Å². The Morgan fingerprint density at radius 3 is 2.25 bits per heavy atom. The average Bonchev–Trinajstić information content (AvgIpc) is 2.20. The average molecular weight is 369 g/mol. The Hall–Kier alpha value is -0.0700. The lowest BCUT2D eigenvalue weighted by atomic mass is 10.3. The largest absolute Gasteiger partial charge is 0.497 e. The van der Waals surface area contributed by atoms with Crippen molar-refractivity contribution in [3.8, 4) is 5.75 Å². The molecule has 0 aromatic heterocycles. The first-order valence-electron chi connectivity index (χ1n) is 4.80. The Kier molecular flexibility index (Phi) is 3.61. The van der Waals surface area contributed by atoms with Crippen molar-refractivity contribution in [2.45, 2.75) is 6.42 Å². The van der Waals surface area contributed by atoms with Crippen LogP contribution in [-0.2, 0) is 9.73 Å². The van der Waals surface area contributed by atoms with Gasteiger partial charge in [0, 0.05) is 20.5 Å². The zero-order chi connectivity index (χ0) is 11.8. The lowest BCUT2D eigenvalue weighted by molar-refractivity contribution is 0.414. The molecule has 0 atom stereocenters. The Labute approximate surface area is 112 Å². The van der Waals surface area contributed by atoms with Gasteiger partial charge < -0.3 is 4.74 Å². The van der Waals surface area contributed by atoms with Gasteiger partial charge in [0.05, 0.1) is 16.8 Å². The maximum absolute atomic E-state index is 12.0. The van der Waals surface area contributed by atoms with Gasteiger partial charge in [0.25, 0.3) is 0 Å². The molecule has 1 fully saturated rings. The molecule has 1 aliphatic rings. The van der Waals surface area contributed by atoms with Crippen molar-refractivity contribution in [2.24, 2.45) is 4.36 Å². The topological polar surface area (TPSA) is 38.7 Å². The van der Waals surface area contributed by atoms with Crippen LogP contribution in [0.5, 0.6) is 5.75 Å². The van der Waals surface area contributed by atoms with Gasteiger partial charge in [-0.15, -0.1) is 0 Å². The second-order valence-corrected chi connectivity index (χ2v) is 7.82. The summed E-state index contributed by atoms with van der Waals surface area (Å²) in [6.07, 6.45) is 1.01. The van der Waals surface area contributed by atoms with E-state index in [1.54, 1.807) is 7.11 Å². The maximum Gasteiger partial charge on any atom is 0.121 e. The van der Waals surface area contributed by atoms with Gasteiger partial charge in [0.2, 0.25) is 0 Å². The molecule has 16 heavy (non-hydrogen) atoms. The minimum absolute atomic E-state index is 0.706. The standard InChI is InChI=1S/C10H11Br2NO2S/c1-15-7-5-8(11)10(9(12)6-7)13-16(14)3-2-4-16/h5-6H,2-4H2,1H3. The van der Waals surface area contributed by atoms with Crippen LogP contribution in [0, 0.1) is 0 Å². The molecule has 0 N–H and O–H groups in total. The highest BCUT2D eigenvalue weighted by Gasteiger charge is 2.20. The highest BCUT2D eigenvalue weighted by Crippen LogP contribution is 2.39. The van der Waals surface area contributed by atoms with Gasteiger partial charge >= 0.3 is 0 Å². The third kappa shape index (κ3) is 2.43. The summed E-state index contributed by atoms with van der Waals surface area (Å²) >= 11 is 6.83. The van der Waals surface area contributed by atoms with Crippen LogP contribution in [0.25, 0.3) is 0 Å². The molecule has 2 rings (SSSR count). The number of methoxy groups -OCH3 is 1. The van der Waals surface area contributed by atoms with E-state index >= 15 is 0 Å². The lowest BCUT2D eigenvalue weighted by Gasteiger charge is -2.18. The van der Waals surface area contributed by atoms with E-state index in [9.17, 15) is 4.21 Å². The maximum atomic E-state index is 12.0. The van der Waals surface area contributed by atoms with Crippen LogP contribution in [0.2, 0.25) is 0 Å². The van der Waals surface area contributed by atoms with Crippen LogP contribution in [0.4, 0.5) is 5.69 Å². The number of nitrogens with zero attached hydrogens (tertiary/aromatic N) is 1. The number of ether oxygens (including phenoxy) is 1. The molecule has 3 nitrogen and oxygen atoms in total. The Balaban J connectivity index is 2.50. The van der Waals surface area contributed by atoms with Gasteiger partial charge in [-0.1, -0.05) is 0 Å². The molecule has 0 amide bonds. The monoisotopic (exact) mass is 367 g/mol. The summed E-state index contributed by atoms with van der Waals surface area (Å²) in [6, 6.07) is 3.65. The molecule has 0 radical (unpaired) electrons. The number of hydrogen-bond acceptors (Lipinski definition) is 3. The summed E-state index contributed by atoms with van der Waals surface area (Å²) in [6.45, 7) is 0. The van der Waals surface area contributed by atoms with Crippen molar-refractivity contribution in [1.29, 1.82) is 0 Å². The fourth-order valence-electron chi connectivity index (χ4n) is 1.40. The van der Waals surface area contributed by atoms with Crippen molar-refractivity contribution < 1.29 is 8.95 Å². The first-order valence-corrected chi connectivity index (χ1v) is 8.23. The van der Waals surface area contributed by atoms with Crippen LogP contribution < -0.4 is 4.74 Å². The summed E-state index contributed by atoms with van der Waals surface area (Å²) in [5.41, 5.74) is 0.713. The van der Waals surface area contributed by atoms with Crippen LogP contribution >= 0.6 is 31.9 Å². The molecule has 1 aliphatic heterocycles. The summed E-state index contributed by atoms with van der Waals surface area (Å²) in [4.78, 5) is 0. The molecule has 0 bridgehead atoms. The van der Waals surface area contributed by atoms with Gasteiger partial charge in [0.15, 0.2) is 0 Å². The normalized spacial score (nSPS) is 17.7. The minimum atomic E-state index is -1.98. The third-order valence-corrected chi connectivity index (χ3v) is 5.99. The SMILES string of the molecule is COc1cc(Br)c(N=S2(=O)CCC2)c(Br)c1. The quantitative estimate of drug-likeness (QED) is 0.797. The highest BCUT2D eigenvalue weighted by molar-refractivity contribution is 9.11. The van der Waals surface area contributed by atoms with E-state index in [0.717, 1.165) is 21.1 Å². The highest BCUT2D eigenvalue weighted by atomic mass is 79.9. The number of rotatable bonds is 2. The van der Waals surface area contributed by atoms with E-state index in [-0.39, 0.29) is 0 Å². The van der Waals surface area contributed by atoms with E-state index in [1.165, 1.54) is 0 Å². The Bertz CT molecular complexity index is 503. The van der Waals surface area contributed by atoms with E-state index in [0.29, 0.717) is 17.2 Å². The Morgan fingerprint density at radius 1 is 1.31 bits per heavy atom. The van der Waals surface area contributed by atoms with E-state index < -0.39 is 9.73 Å². The first-order chi connectivity index (χ1) is 7.54. The summed E-state index contributed by atoms with van der Waals surface area (Å²) < 4.78 is 23.1. The number of halogens is 2. The van der Waals surface area contributed by atoms with Crippen molar-refractivity contribution in [1.82, 2.24) is 0 Å². The fourth-order valence-corrected chi connectivity index (χ4v) is 4.45. The van der Waals surface area contributed by atoms with Crippen LogP contribution in [0.1, 0.15) is 6.42 Å². The molecule has 1 heterocycles. The Morgan fingerprint density at radius 2 is 1.88 bits per heavy atom. The van der Waals surface area contributed by atoms with Gasteiger partial charge in [0.1, 0.15) is 11.4 Å². The molecule has 0 aliphatic carbocycles. The molecule has 1 saturated heterocycles. The van der Waals surface area contributed by atoms with Gasteiger partial charge in [-0.25, -0.2) is 4.21 Å². The number of hydrogen-bond donors (Lipinski definition) is 0. The molecule has 88 valence electrons. The van der Waals surface area contributed by atoms with E-state index in [2.05, 4.69) is 36.2 Å². The third-order valence-electron chi connectivity index (χ3n) is 2.41. The van der Waals surface area contributed by atoms with Crippen molar-refractivity contribution in [2.75, 3.05) is 18.6 Å². The summed E-state index contributed by atoms with van der Waals surface area (Å²) in [5, 5.41) is 0. The second kappa shape index (κ2) is 4.66. The molecular weight excluding hydrogens is 358 g/mol. The van der Waals surface area contributed by atoms with Crippen LogP contribution in [0.15, 0.2) is 25.4 Å².